The van der Waals surface area contributed by atoms with Crippen LogP contribution in [-0.4, -0.2) is 36.3 Å². The van der Waals surface area contributed by atoms with Crippen LogP contribution >= 0.6 is 0 Å². The van der Waals surface area contributed by atoms with Crippen LogP contribution in [0.5, 0.6) is 11.5 Å². The second-order valence-electron chi connectivity index (χ2n) is 6.98. The molecule has 3 rings (SSSR count). The van der Waals surface area contributed by atoms with E-state index >= 15 is 0 Å². The van der Waals surface area contributed by atoms with E-state index < -0.39 is 0 Å². The summed E-state index contributed by atoms with van der Waals surface area (Å²) in [5.41, 5.74) is 2.22. The number of methoxy groups -OCH3 is 1. The fraction of sp³-hybridized carbons (Fsp3) is 0.333. The van der Waals surface area contributed by atoms with Crippen LogP contribution in [0.3, 0.4) is 0 Å². The molecule has 1 heterocycles. The lowest BCUT2D eigenvalue weighted by atomic mass is 10.1. The van der Waals surface area contributed by atoms with Crippen LogP contribution < -0.4 is 20.1 Å². The quantitative estimate of drug-likeness (QED) is 0.381. The van der Waals surface area contributed by atoms with E-state index in [1.807, 2.05) is 43.6 Å². The first-order valence-corrected chi connectivity index (χ1v) is 10.6. The molecule has 0 saturated heterocycles. The summed E-state index contributed by atoms with van der Waals surface area (Å²) in [7, 11) is 3.37. The number of aliphatic imine (C=N–C) groups is 1. The van der Waals surface area contributed by atoms with Crippen molar-refractivity contribution in [1.29, 1.82) is 0 Å². The van der Waals surface area contributed by atoms with Crippen LogP contribution in [-0.2, 0) is 19.5 Å². The predicted molar refractivity (Wildman–Crippen MR) is 125 cm³/mol. The summed E-state index contributed by atoms with van der Waals surface area (Å²) in [6.45, 7) is 4.04. The molecule has 7 nitrogen and oxygen atoms in total. The number of nitrogens with zero attached hydrogens (tertiary/aromatic N) is 3. The Labute approximate surface area is 184 Å². The van der Waals surface area contributed by atoms with Gasteiger partial charge in [0.2, 0.25) is 0 Å². The van der Waals surface area contributed by atoms with Gasteiger partial charge in [0.1, 0.15) is 5.82 Å². The van der Waals surface area contributed by atoms with Crippen LogP contribution in [0.15, 0.2) is 65.9 Å². The van der Waals surface area contributed by atoms with E-state index in [1.54, 1.807) is 14.2 Å². The molecule has 31 heavy (non-hydrogen) atoms. The van der Waals surface area contributed by atoms with Crippen molar-refractivity contribution in [3.63, 3.8) is 0 Å². The van der Waals surface area contributed by atoms with Gasteiger partial charge in [-0.1, -0.05) is 30.3 Å². The Balaban J connectivity index is 1.54. The third-order valence-corrected chi connectivity index (χ3v) is 4.87. The van der Waals surface area contributed by atoms with Gasteiger partial charge in [-0.3, -0.25) is 4.99 Å². The predicted octanol–water partition coefficient (Wildman–Crippen LogP) is 4.11. The molecule has 2 aromatic carbocycles. The van der Waals surface area contributed by atoms with E-state index in [-0.39, 0.29) is 0 Å². The van der Waals surface area contributed by atoms with Gasteiger partial charge >= 0.3 is 0 Å². The maximum atomic E-state index is 5.57. The van der Waals surface area contributed by atoms with Crippen molar-refractivity contribution in [3.05, 3.63) is 72.3 Å². The topological polar surface area (TPSA) is 72.7 Å². The molecule has 3 aromatic rings. The highest BCUT2D eigenvalue weighted by atomic mass is 16.5. The minimum atomic E-state index is 0.576. The largest absolute Gasteiger partial charge is 0.493 e. The number of nitrogens with one attached hydrogen (secondary N) is 2. The van der Waals surface area contributed by atoms with Crippen molar-refractivity contribution in [2.75, 3.05) is 26.1 Å². The number of aryl methyl sites for hydroxylation is 2. The molecule has 0 unspecified atom stereocenters. The zero-order chi connectivity index (χ0) is 21.9. The number of anilines is 1. The molecule has 0 aliphatic heterocycles. The van der Waals surface area contributed by atoms with Gasteiger partial charge in [-0.2, -0.15) is 0 Å². The molecule has 0 saturated carbocycles. The van der Waals surface area contributed by atoms with Gasteiger partial charge < -0.3 is 24.7 Å². The minimum Gasteiger partial charge on any atom is -0.493 e. The lowest BCUT2D eigenvalue weighted by Crippen LogP contribution is -2.31. The molecule has 2 N–H and O–H groups in total. The summed E-state index contributed by atoms with van der Waals surface area (Å²) in [6.07, 6.45) is 5.98. The van der Waals surface area contributed by atoms with E-state index in [1.165, 1.54) is 5.56 Å². The van der Waals surface area contributed by atoms with Gasteiger partial charge in [-0.05, 0) is 37.5 Å². The maximum absolute atomic E-state index is 5.57. The van der Waals surface area contributed by atoms with E-state index in [4.69, 9.17) is 9.47 Å². The average Bonchev–Trinajstić information content (AvgIpc) is 3.25. The van der Waals surface area contributed by atoms with E-state index in [9.17, 15) is 0 Å². The first-order chi connectivity index (χ1) is 15.2. The molecular weight excluding hydrogens is 390 g/mol. The van der Waals surface area contributed by atoms with Crippen molar-refractivity contribution in [2.24, 2.45) is 4.99 Å². The highest BCUT2D eigenvalue weighted by molar-refractivity contribution is 5.93. The van der Waals surface area contributed by atoms with Gasteiger partial charge in [-0.25, -0.2) is 4.98 Å². The molecule has 0 aliphatic carbocycles. The lowest BCUT2D eigenvalue weighted by molar-refractivity contribution is 0.311. The molecule has 164 valence electrons. The Morgan fingerprint density at radius 3 is 2.71 bits per heavy atom. The third kappa shape index (κ3) is 6.50. The second-order valence-corrected chi connectivity index (χ2v) is 6.98. The fourth-order valence-electron chi connectivity index (χ4n) is 3.31. The summed E-state index contributed by atoms with van der Waals surface area (Å²) >= 11 is 0. The van der Waals surface area contributed by atoms with Crippen LogP contribution in [0.4, 0.5) is 5.69 Å². The summed E-state index contributed by atoms with van der Waals surface area (Å²) in [5, 5.41) is 6.62. The van der Waals surface area contributed by atoms with Crippen molar-refractivity contribution >= 4 is 11.6 Å². The molecule has 0 spiro atoms. The minimum absolute atomic E-state index is 0.576. The Morgan fingerprint density at radius 2 is 1.97 bits per heavy atom. The average molecular weight is 422 g/mol. The Morgan fingerprint density at radius 1 is 1.13 bits per heavy atom. The van der Waals surface area contributed by atoms with Gasteiger partial charge in [0.25, 0.3) is 0 Å². The number of imidazole rings is 1. The second kappa shape index (κ2) is 11.6. The molecule has 7 heteroatoms. The molecule has 0 atom stereocenters. The van der Waals surface area contributed by atoms with Crippen LogP contribution in [0.2, 0.25) is 0 Å². The fourth-order valence-corrected chi connectivity index (χ4v) is 3.31. The highest BCUT2D eigenvalue weighted by Gasteiger charge is 2.08. The summed E-state index contributed by atoms with van der Waals surface area (Å²) in [6, 6.07) is 16.3. The molecule has 0 bridgehead atoms. The number of ether oxygens (including phenoxy) is 2. The van der Waals surface area contributed by atoms with Crippen molar-refractivity contribution < 1.29 is 9.47 Å². The number of aromatic nitrogens is 2. The van der Waals surface area contributed by atoms with Crippen molar-refractivity contribution in [1.82, 2.24) is 14.9 Å². The highest BCUT2D eigenvalue weighted by Crippen LogP contribution is 2.30. The lowest BCUT2D eigenvalue weighted by Gasteiger charge is -2.15. The number of benzene rings is 2. The number of hydrogen-bond acceptors (Lipinski definition) is 4. The Bertz CT molecular complexity index is 969. The van der Waals surface area contributed by atoms with Gasteiger partial charge in [0.15, 0.2) is 17.5 Å². The Hall–Kier alpha value is -3.48. The molecule has 1 aromatic heterocycles. The number of guanidine groups is 1. The monoisotopic (exact) mass is 421 g/mol. The normalized spacial score (nSPS) is 11.3. The van der Waals surface area contributed by atoms with E-state index in [0.29, 0.717) is 24.9 Å². The molecule has 0 amide bonds. The smallest absolute Gasteiger partial charge is 0.195 e. The molecule has 0 fully saturated rings. The van der Waals surface area contributed by atoms with Crippen LogP contribution in [0.1, 0.15) is 24.7 Å². The third-order valence-electron chi connectivity index (χ3n) is 4.87. The Kier molecular flexibility index (Phi) is 8.34. The SMILES string of the molecule is CCOc1ccc(NC(=NC)NCc2nccn2CCCc2ccccc2)cc1OC. The number of rotatable bonds is 10. The first kappa shape index (κ1) is 22.2. The van der Waals surface area contributed by atoms with Gasteiger partial charge in [0.05, 0.1) is 20.3 Å². The standard InChI is InChI=1S/C24H31N5O2/c1-4-31-21-13-12-20(17-22(21)30-3)28-24(25-2)27-18-23-26-14-16-29(23)15-8-11-19-9-6-5-7-10-19/h5-7,9-10,12-14,16-17H,4,8,11,15,18H2,1-3H3,(H2,25,27,28). The summed E-state index contributed by atoms with van der Waals surface area (Å²) in [5.74, 6) is 3.03. The van der Waals surface area contributed by atoms with Crippen molar-refractivity contribution in [2.45, 2.75) is 32.9 Å². The molecular formula is C24H31N5O2. The summed E-state index contributed by atoms with van der Waals surface area (Å²) in [4.78, 5) is 8.81. The molecule has 0 radical (unpaired) electrons. The van der Waals surface area contributed by atoms with Crippen LogP contribution in [0, 0.1) is 0 Å². The first-order valence-electron chi connectivity index (χ1n) is 10.6. The molecule has 0 aliphatic rings. The zero-order valence-electron chi connectivity index (χ0n) is 18.5. The maximum Gasteiger partial charge on any atom is 0.195 e. The van der Waals surface area contributed by atoms with E-state index in [0.717, 1.165) is 36.6 Å². The number of hydrogen-bond donors (Lipinski definition) is 2. The van der Waals surface area contributed by atoms with Crippen LogP contribution in [0.25, 0.3) is 0 Å². The summed E-state index contributed by atoms with van der Waals surface area (Å²) < 4.78 is 13.2. The van der Waals surface area contributed by atoms with Gasteiger partial charge in [-0.15, -0.1) is 0 Å². The van der Waals surface area contributed by atoms with Gasteiger partial charge in [0, 0.05) is 37.7 Å². The van der Waals surface area contributed by atoms with E-state index in [2.05, 4.69) is 49.4 Å². The zero-order valence-corrected chi connectivity index (χ0v) is 18.5. The van der Waals surface area contributed by atoms with Crippen molar-refractivity contribution in [3.8, 4) is 11.5 Å².